The predicted octanol–water partition coefficient (Wildman–Crippen LogP) is 4.86. The van der Waals surface area contributed by atoms with Gasteiger partial charge in [0.05, 0.1) is 17.3 Å². The van der Waals surface area contributed by atoms with Crippen LogP contribution >= 0.6 is 23.4 Å². The standard InChI is InChI=1S/C19H15ClN4OS/c1-23-17-13(11-21-18(22-17)26-14-7-3-2-4-8-14)12-24(19(23)25)16-10-6-5-9-15(16)20/h2-11H,12H2,1H3. The van der Waals surface area contributed by atoms with Gasteiger partial charge in [0.15, 0.2) is 5.16 Å². The molecule has 1 aliphatic rings. The molecule has 5 nitrogen and oxygen atoms in total. The highest BCUT2D eigenvalue weighted by Gasteiger charge is 2.31. The molecule has 1 aliphatic heterocycles. The molecule has 0 spiro atoms. The average molecular weight is 383 g/mol. The van der Waals surface area contributed by atoms with Gasteiger partial charge in [-0.25, -0.2) is 14.8 Å². The molecule has 26 heavy (non-hydrogen) atoms. The Kier molecular flexibility index (Phi) is 4.53. The predicted molar refractivity (Wildman–Crippen MR) is 104 cm³/mol. The number of fused-ring (bicyclic) bond motifs is 1. The summed E-state index contributed by atoms with van der Waals surface area (Å²) in [4.78, 5) is 26.1. The average Bonchev–Trinajstić information content (AvgIpc) is 2.66. The number of para-hydroxylation sites is 1. The number of halogens is 1. The van der Waals surface area contributed by atoms with E-state index in [0.29, 0.717) is 28.2 Å². The largest absolute Gasteiger partial charge is 0.330 e. The molecular weight excluding hydrogens is 368 g/mol. The van der Waals surface area contributed by atoms with E-state index in [2.05, 4.69) is 9.97 Å². The normalized spacial score (nSPS) is 13.7. The number of hydrogen-bond donors (Lipinski definition) is 0. The van der Waals surface area contributed by atoms with Gasteiger partial charge in [0.2, 0.25) is 0 Å². The van der Waals surface area contributed by atoms with Crippen LogP contribution in [-0.4, -0.2) is 23.0 Å². The molecule has 0 unspecified atom stereocenters. The Bertz CT molecular complexity index is 967. The molecule has 0 radical (unpaired) electrons. The first-order valence-corrected chi connectivity index (χ1v) is 9.21. The number of hydrogen-bond acceptors (Lipinski definition) is 4. The number of amides is 2. The Morgan fingerprint density at radius 1 is 1.08 bits per heavy atom. The van der Waals surface area contributed by atoms with Crippen molar-refractivity contribution < 1.29 is 4.79 Å². The Balaban J connectivity index is 1.66. The van der Waals surface area contributed by atoms with Crippen LogP contribution in [0.3, 0.4) is 0 Å². The van der Waals surface area contributed by atoms with Crippen LogP contribution < -0.4 is 9.80 Å². The molecule has 0 saturated heterocycles. The molecule has 2 amide bonds. The maximum absolute atomic E-state index is 12.8. The van der Waals surface area contributed by atoms with Crippen molar-refractivity contribution in [3.63, 3.8) is 0 Å². The van der Waals surface area contributed by atoms with Gasteiger partial charge in [0.1, 0.15) is 5.82 Å². The van der Waals surface area contributed by atoms with Crippen LogP contribution in [-0.2, 0) is 6.54 Å². The van der Waals surface area contributed by atoms with Crippen molar-refractivity contribution in [2.45, 2.75) is 16.6 Å². The molecule has 4 rings (SSSR count). The lowest BCUT2D eigenvalue weighted by atomic mass is 10.2. The summed E-state index contributed by atoms with van der Waals surface area (Å²) in [6, 6.07) is 17.1. The third-order valence-corrected chi connectivity index (χ3v) is 5.29. The van der Waals surface area contributed by atoms with E-state index in [1.807, 2.05) is 48.5 Å². The van der Waals surface area contributed by atoms with E-state index in [-0.39, 0.29) is 6.03 Å². The summed E-state index contributed by atoms with van der Waals surface area (Å²) in [7, 11) is 1.72. The van der Waals surface area contributed by atoms with Gasteiger partial charge in [-0.1, -0.05) is 41.9 Å². The molecule has 0 bridgehead atoms. The Hall–Kier alpha value is -2.57. The molecule has 3 aromatic rings. The molecule has 0 atom stereocenters. The fraction of sp³-hybridized carbons (Fsp3) is 0.105. The monoisotopic (exact) mass is 382 g/mol. The molecule has 0 aliphatic carbocycles. The maximum atomic E-state index is 12.8. The smallest absolute Gasteiger partial charge is 0.288 e. The summed E-state index contributed by atoms with van der Waals surface area (Å²) in [5, 5.41) is 1.15. The zero-order chi connectivity index (χ0) is 18.1. The van der Waals surface area contributed by atoms with E-state index in [9.17, 15) is 4.79 Å². The van der Waals surface area contributed by atoms with Crippen LogP contribution in [0.2, 0.25) is 5.02 Å². The molecule has 2 heterocycles. The summed E-state index contributed by atoms with van der Waals surface area (Å²) >= 11 is 7.73. The van der Waals surface area contributed by atoms with E-state index in [4.69, 9.17) is 11.6 Å². The first-order chi connectivity index (χ1) is 12.6. The second-order valence-corrected chi connectivity index (χ2v) is 7.24. The van der Waals surface area contributed by atoms with Gasteiger partial charge in [-0.15, -0.1) is 0 Å². The molecular formula is C19H15ClN4OS. The van der Waals surface area contributed by atoms with Gasteiger partial charge in [-0.2, -0.15) is 0 Å². The molecule has 0 fully saturated rings. The first kappa shape index (κ1) is 16.9. The lowest BCUT2D eigenvalue weighted by molar-refractivity contribution is 0.251. The minimum absolute atomic E-state index is 0.167. The molecule has 0 saturated carbocycles. The number of nitrogens with zero attached hydrogens (tertiary/aromatic N) is 4. The van der Waals surface area contributed by atoms with Crippen molar-refractivity contribution in [3.05, 3.63) is 71.4 Å². The summed E-state index contributed by atoms with van der Waals surface area (Å²) in [5.41, 5.74) is 1.56. The lowest BCUT2D eigenvalue weighted by Gasteiger charge is -2.34. The summed E-state index contributed by atoms with van der Waals surface area (Å²) in [6.07, 6.45) is 1.78. The second-order valence-electron chi connectivity index (χ2n) is 5.80. The highest BCUT2D eigenvalue weighted by Crippen LogP contribution is 2.34. The number of anilines is 2. The summed E-state index contributed by atoms with van der Waals surface area (Å²) in [6.45, 7) is 0.387. The zero-order valence-electron chi connectivity index (χ0n) is 14.0. The lowest BCUT2D eigenvalue weighted by Crippen LogP contribution is -2.46. The van der Waals surface area contributed by atoms with Gasteiger partial charge in [-0.3, -0.25) is 9.80 Å². The number of aromatic nitrogens is 2. The molecule has 130 valence electrons. The van der Waals surface area contributed by atoms with E-state index in [1.54, 1.807) is 29.1 Å². The first-order valence-electron chi connectivity index (χ1n) is 8.02. The van der Waals surface area contributed by atoms with Gasteiger partial charge in [0.25, 0.3) is 0 Å². The van der Waals surface area contributed by atoms with Gasteiger partial charge < -0.3 is 0 Å². The Labute approximate surface area is 160 Å². The van der Waals surface area contributed by atoms with E-state index < -0.39 is 0 Å². The van der Waals surface area contributed by atoms with E-state index in [1.165, 1.54) is 11.8 Å². The van der Waals surface area contributed by atoms with Crippen LogP contribution in [0.1, 0.15) is 5.56 Å². The van der Waals surface area contributed by atoms with Crippen LogP contribution in [0.4, 0.5) is 16.3 Å². The Morgan fingerprint density at radius 3 is 2.58 bits per heavy atom. The van der Waals surface area contributed by atoms with Gasteiger partial charge >= 0.3 is 6.03 Å². The number of carbonyl (C=O) groups is 1. The third-order valence-electron chi connectivity index (χ3n) is 4.08. The van der Waals surface area contributed by atoms with Crippen LogP contribution in [0.15, 0.2) is 70.8 Å². The minimum atomic E-state index is -0.167. The van der Waals surface area contributed by atoms with Crippen molar-refractivity contribution in [1.29, 1.82) is 0 Å². The number of carbonyl (C=O) groups excluding carboxylic acids is 1. The van der Waals surface area contributed by atoms with Crippen molar-refractivity contribution in [1.82, 2.24) is 9.97 Å². The SMILES string of the molecule is CN1C(=O)N(c2ccccc2Cl)Cc2cnc(Sc3ccccc3)nc21. The fourth-order valence-corrected chi connectivity index (χ4v) is 3.77. The molecule has 7 heteroatoms. The van der Waals surface area contributed by atoms with E-state index >= 15 is 0 Å². The molecule has 2 aromatic carbocycles. The number of rotatable bonds is 3. The van der Waals surface area contributed by atoms with Gasteiger partial charge in [0, 0.05) is 23.7 Å². The van der Waals surface area contributed by atoms with E-state index in [0.717, 1.165) is 10.5 Å². The van der Waals surface area contributed by atoms with Gasteiger partial charge in [-0.05, 0) is 36.0 Å². The topological polar surface area (TPSA) is 49.3 Å². The highest BCUT2D eigenvalue weighted by molar-refractivity contribution is 7.99. The van der Waals surface area contributed by atoms with Crippen LogP contribution in [0.5, 0.6) is 0 Å². The number of benzene rings is 2. The second kappa shape index (κ2) is 6.97. The molecule has 0 N–H and O–H groups in total. The van der Waals surface area contributed by atoms with Crippen molar-refractivity contribution in [2.24, 2.45) is 0 Å². The summed E-state index contributed by atoms with van der Waals surface area (Å²) < 4.78 is 0. The highest BCUT2D eigenvalue weighted by atomic mass is 35.5. The molecule has 1 aromatic heterocycles. The van der Waals surface area contributed by atoms with Crippen LogP contribution in [0.25, 0.3) is 0 Å². The Morgan fingerprint density at radius 2 is 1.81 bits per heavy atom. The maximum Gasteiger partial charge on any atom is 0.330 e. The summed E-state index contributed by atoms with van der Waals surface area (Å²) in [5.74, 6) is 0.631. The minimum Gasteiger partial charge on any atom is -0.288 e. The fourth-order valence-electron chi connectivity index (χ4n) is 2.80. The third kappa shape index (κ3) is 3.13. The quantitative estimate of drug-likeness (QED) is 0.607. The van der Waals surface area contributed by atoms with Crippen molar-refractivity contribution in [2.75, 3.05) is 16.8 Å². The van der Waals surface area contributed by atoms with Crippen LogP contribution in [0, 0.1) is 0 Å². The zero-order valence-corrected chi connectivity index (χ0v) is 15.5. The van der Waals surface area contributed by atoms with Crippen molar-refractivity contribution in [3.8, 4) is 0 Å². The van der Waals surface area contributed by atoms with Crippen molar-refractivity contribution >= 4 is 40.9 Å². The number of urea groups is 1.